The van der Waals surface area contributed by atoms with Gasteiger partial charge in [0.05, 0.1) is 6.61 Å². The van der Waals surface area contributed by atoms with Gasteiger partial charge in [-0.05, 0) is 38.5 Å². The Hall–Kier alpha value is -1.97. The molecule has 2 aromatic rings. The molecule has 1 saturated heterocycles. The Morgan fingerprint density at radius 3 is 2.35 bits per heavy atom. The van der Waals surface area contributed by atoms with Gasteiger partial charge < -0.3 is 34.3 Å². The van der Waals surface area contributed by atoms with E-state index >= 15 is 0 Å². The van der Waals surface area contributed by atoms with Crippen molar-refractivity contribution >= 4 is 11.0 Å². The van der Waals surface area contributed by atoms with Crippen LogP contribution in [0.3, 0.4) is 0 Å². The first-order chi connectivity index (χ1) is 12.3. The quantitative estimate of drug-likeness (QED) is 0.554. The molecule has 0 aliphatic carbocycles. The number of aryl methyl sites for hydroxylation is 2. The SMILES string of the molecule is Cc1c(C)c2ccc(O[C@@H]3O[C@H](CO)[C@@H](O)[C@H](O)[C@H]3O)c(C)c2oc1=O. The van der Waals surface area contributed by atoms with E-state index in [0.717, 1.165) is 10.9 Å². The molecule has 4 N–H and O–H groups in total. The molecule has 1 aromatic heterocycles. The van der Waals surface area contributed by atoms with Crippen molar-refractivity contribution in [1.29, 1.82) is 0 Å². The van der Waals surface area contributed by atoms with Crippen molar-refractivity contribution in [2.75, 3.05) is 6.61 Å². The third kappa shape index (κ3) is 3.00. The summed E-state index contributed by atoms with van der Waals surface area (Å²) in [7, 11) is 0. The second-order valence-corrected chi connectivity index (χ2v) is 6.52. The zero-order valence-corrected chi connectivity index (χ0v) is 14.7. The molecule has 1 fully saturated rings. The summed E-state index contributed by atoms with van der Waals surface area (Å²) in [6.07, 6.45) is -6.89. The summed E-state index contributed by atoms with van der Waals surface area (Å²) in [6, 6.07) is 3.37. The minimum Gasteiger partial charge on any atom is -0.462 e. The molecule has 0 amide bonds. The Balaban J connectivity index is 1.97. The second-order valence-electron chi connectivity index (χ2n) is 6.52. The van der Waals surface area contributed by atoms with E-state index in [4.69, 9.17) is 13.9 Å². The summed E-state index contributed by atoms with van der Waals surface area (Å²) >= 11 is 0. The fraction of sp³-hybridized carbons (Fsp3) is 0.500. The van der Waals surface area contributed by atoms with Gasteiger partial charge in [-0.25, -0.2) is 4.79 Å². The summed E-state index contributed by atoms with van der Waals surface area (Å²) in [5.41, 5.74) is 1.78. The van der Waals surface area contributed by atoms with Gasteiger partial charge in [0, 0.05) is 16.5 Å². The molecule has 0 unspecified atom stereocenters. The lowest BCUT2D eigenvalue weighted by Crippen LogP contribution is -2.60. The van der Waals surface area contributed by atoms with Crippen LogP contribution in [0.4, 0.5) is 0 Å². The van der Waals surface area contributed by atoms with Crippen LogP contribution < -0.4 is 10.4 Å². The average molecular weight is 366 g/mol. The van der Waals surface area contributed by atoms with E-state index in [1.165, 1.54) is 0 Å². The number of benzene rings is 1. The normalized spacial score (nSPS) is 29.1. The number of hydrogen-bond donors (Lipinski definition) is 4. The Labute approximate surface area is 149 Å². The van der Waals surface area contributed by atoms with Crippen molar-refractivity contribution in [1.82, 2.24) is 0 Å². The minimum absolute atomic E-state index is 0.285. The van der Waals surface area contributed by atoms with Crippen LogP contribution in [0.15, 0.2) is 21.3 Å². The molecule has 0 spiro atoms. The lowest BCUT2D eigenvalue weighted by Gasteiger charge is -2.39. The molecule has 1 aliphatic heterocycles. The van der Waals surface area contributed by atoms with Gasteiger partial charge in [-0.3, -0.25) is 0 Å². The molecule has 142 valence electrons. The number of fused-ring (bicyclic) bond motifs is 1. The van der Waals surface area contributed by atoms with Gasteiger partial charge in [0.1, 0.15) is 35.7 Å². The van der Waals surface area contributed by atoms with Gasteiger partial charge in [0.15, 0.2) is 0 Å². The molecule has 0 bridgehead atoms. The van der Waals surface area contributed by atoms with Crippen molar-refractivity contribution in [2.45, 2.75) is 51.5 Å². The number of hydrogen-bond acceptors (Lipinski definition) is 8. The molecule has 1 aromatic carbocycles. The van der Waals surface area contributed by atoms with Gasteiger partial charge in [0.2, 0.25) is 6.29 Å². The molecular formula is C18H22O8. The monoisotopic (exact) mass is 366 g/mol. The molecule has 3 rings (SSSR count). The molecule has 0 saturated carbocycles. The van der Waals surface area contributed by atoms with E-state index in [1.807, 2.05) is 6.92 Å². The van der Waals surface area contributed by atoms with Gasteiger partial charge in [0.25, 0.3) is 0 Å². The van der Waals surface area contributed by atoms with Crippen LogP contribution in [0, 0.1) is 20.8 Å². The topological polar surface area (TPSA) is 130 Å². The fourth-order valence-corrected chi connectivity index (χ4v) is 3.04. The highest BCUT2D eigenvalue weighted by molar-refractivity contribution is 5.85. The van der Waals surface area contributed by atoms with E-state index < -0.39 is 42.9 Å². The highest BCUT2D eigenvalue weighted by Crippen LogP contribution is 2.32. The van der Waals surface area contributed by atoms with E-state index in [-0.39, 0.29) is 5.75 Å². The smallest absolute Gasteiger partial charge is 0.339 e. The standard InChI is InChI=1S/C18H22O8/c1-7-8(2)17(23)26-16-9(3)11(5-4-10(7)16)24-18-15(22)14(21)13(20)12(6-19)25-18/h4-5,12-15,18-22H,6H2,1-3H3/t12-,13-,14+,15-,18-/m1/s1. The average Bonchev–Trinajstić information content (AvgIpc) is 2.62. The van der Waals surface area contributed by atoms with E-state index in [9.17, 15) is 25.2 Å². The predicted molar refractivity (Wildman–Crippen MR) is 91.1 cm³/mol. The van der Waals surface area contributed by atoms with Gasteiger partial charge in [-0.15, -0.1) is 0 Å². The first kappa shape index (κ1) is 18.8. The van der Waals surface area contributed by atoms with Crippen molar-refractivity contribution in [3.8, 4) is 5.75 Å². The molecule has 26 heavy (non-hydrogen) atoms. The molecule has 0 radical (unpaired) electrons. The predicted octanol–water partition coefficient (Wildman–Crippen LogP) is -0.103. The van der Waals surface area contributed by atoms with Crippen LogP contribution in [0.1, 0.15) is 16.7 Å². The highest BCUT2D eigenvalue weighted by atomic mass is 16.7. The highest BCUT2D eigenvalue weighted by Gasteiger charge is 2.44. The zero-order valence-electron chi connectivity index (χ0n) is 14.7. The molecule has 5 atom stereocenters. The maximum atomic E-state index is 12.0. The maximum absolute atomic E-state index is 12.0. The zero-order chi connectivity index (χ0) is 19.2. The maximum Gasteiger partial charge on any atom is 0.339 e. The molecule has 8 heteroatoms. The third-order valence-electron chi connectivity index (χ3n) is 4.92. The van der Waals surface area contributed by atoms with Crippen molar-refractivity contribution < 1.29 is 34.3 Å². The van der Waals surface area contributed by atoms with Crippen LogP contribution >= 0.6 is 0 Å². The lowest BCUT2D eigenvalue weighted by molar-refractivity contribution is -0.277. The van der Waals surface area contributed by atoms with E-state index in [0.29, 0.717) is 16.7 Å². The summed E-state index contributed by atoms with van der Waals surface area (Å²) < 4.78 is 16.4. The Morgan fingerprint density at radius 1 is 1.00 bits per heavy atom. The largest absolute Gasteiger partial charge is 0.462 e. The Morgan fingerprint density at radius 2 is 1.69 bits per heavy atom. The van der Waals surface area contributed by atoms with Gasteiger partial charge in [-0.1, -0.05) is 0 Å². The Kier molecular flexibility index (Phi) is 5.05. The summed E-state index contributed by atoms with van der Waals surface area (Å²) in [5, 5.41) is 39.8. The number of aliphatic hydroxyl groups excluding tert-OH is 4. The van der Waals surface area contributed by atoms with E-state index in [1.54, 1.807) is 26.0 Å². The minimum atomic E-state index is -1.53. The first-order valence-electron chi connectivity index (χ1n) is 8.27. The Bertz CT molecular complexity index is 872. The summed E-state index contributed by atoms with van der Waals surface area (Å²) in [4.78, 5) is 12.0. The van der Waals surface area contributed by atoms with Gasteiger partial charge in [-0.2, -0.15) is 0 Å². The second kappa shape index (κ2) is 6.98. The summed E-state index contributed by atoms with van der Waals surface area (Å²) in [5.74, 6) is 0.285. The third-order valence-corrected chi connectivity index (χ3v) is 4.92. The van der Waals surface area contributed by atoms with Crippen LogP contribution in [0.2, 0.25) is 0 Å². The van der Waals surface area contributed by atoms with Crippen molar-refractivity contribution in [3.05, 3.63) is 39.2 Å². The van der Waals surface area contributed by atoms with Crippen LogP contribution in [-0.4, -0.2) is 57.7 Å². The van der Waals surface area contributed by atoms with Crippen LogP contribution in [0.25, 0.3) is 11.0 Å². The van der Waals surface area contributed by atoms with Crippen molar-refractivity contribution in [3.63, 3.8) is 0 Å². The molecule has 1 aliphatic rings. The molecule has 8 nitrogen and oxygen atoms in total. The van der Waals surface area contributed by atoms with Gasteiger partial charge >= 0.3 is 5.63 Å². The van der Waals surface area contributed by atoms with Crippen molar-refractivity contribution in [2.24, 2.45) is 0 Å². The number of aliphatic hydroxyl groups is 4. The summed E-state index contributed by atoms with van der Waals surface area (Å²) in [6.45, 7) is 4.66. The molecule has 2 heterocycles. The first-order valence-corrected chi connectivity index (χ1v) is 8.27. The molecular weight excluding hydrogens is 344 g/mol. The van der Waals surface area contributed by atoms with Crippen LogP contribution in [0.5, 0.6) is 5.75 Å². The number of rotatable bonds is 3. The van der Waals surface area contributed by atoms with E-state index in [2.05, 4.69) is 0 Å². The fourth-order valence-electron chi connectivity index (χ4n) is 3.04. The lowest BCUT2D eigenvalue weighted by atomic mass is 9.99. The number of ether oxygens (including phenoxy) is 2. The van der Waals surface area contributed by atoms with Crippen LogP contribution in [-0.2, 0) is 4.74 Å².